The molecule has 0 bridgehead atoms. The zero-order chi connectivity index (χ0) is 14.4. The number of carboxylic acid groups (broad SMARTS) is 1. The summed E-state index contributed by atoms with van der Waals surface area (Å²) in [5, 5.41) is 19.1. The second kappa shape index (κ2) is 6.64. The Balaban J connectivity index is 2.62. The smallest absolute Gasteiger partial charge is 0.334 e. The van der Waals surface area contributed by atoms with Crippen LogP contribution in [0.5, 0.6) is 0 Å². The molecular formula is C11H16N4O4. The van der Waals surface area contributed by atoms with Crippen LogP contribution in [0.15, 0.2) is 12.1 Å². The van der Waals surface area contributed by atoms with E-state index in [4.69, 9.17) is 9.84 Å². The number of ether oxygens (including phenoxy) is 1. The molecule has 1 heterocycles. The Labute approximate surface area is 110 Å². The summed E-state index contributed by atoms with van der Waals surface area (Å²) in [5.74, 6) is -0.944. The van der Waals surface area contributed by atoms with Crippen molar-refractivity contribution >= 4 is 17.7 Å². The van der Waals surface area contributed by atoms with E-state index in [0.29, 0.717) is 5.82 Å². The standard InChI is InChI=1S/C11H16N4O4/c1-15(2)10(16)7-4-5-9(14-13-7)12-6-8(19-3)11(17)18/h4-5,8H,6H2,1-3H3,(H,12,14)(H,17,18). The van der Waals surface area contributed by atoms with Crippen molar-refractivity contribution in [3.05, 3.63) is 17.8 Å². The van der Waals surface area contributed by atoms with Gasteiger partial charge in [0.25, 0.3) is 5.91 Å². The summed E-state index contributed by atoms with van der Waals surface area (Å²) in [5.41, 5.74) is 0.220. The number of hydrogen-bond donors (Lipinski definition) is 2. The van der Waals surface area contributed by atoms with Gasteiger partial charge in [-0.3, -0.25) is 4.79 Å². The molecule has 0 fully saturated rings. The number of rotatable bonds is 6. The first-order valence-corrected chi connectivity index (χ1v) is 5.50. The molecule has 8 nitrogen and oxygen atoms in total. The average molecular weight is 268 g/mol. The van der Waals surface area contributed by atoms with Crippen LogP contribution in [-0.4, -0.2) is 65.9 Å². The summed E-state index contributed by atoms with van der Waals surface area (Å²) in [6.45, 7) is 0.0570. The highest BCUT2D eigenvalue weighted by Crippen LogP contribution is 2.04. The minimum absolute atomic E-state index is 0.0570. The molecule has 8 heteroatoms. The maximum atomic E-state index is 11.6. The van der Waals surface area contributed by atoms with Gasteiger partial charge in [-0.1, -0.05) is 0 Å². The number of carbonyl (C=O) groups excluding carboxylic acids is 1. The molecule has 0 saturated heterocycles. The minimum Gasteiger partial charge on any atom is -0.479 e. The lowest BCUT2D eigenvalue weighted by Gasteiger charge is -2.12. The molecule has 1 aromatic rings. The number of nitrogens with one attached hydrogen (secondary N) is 1. The van der Waals surface area contributed by atoms with Crippen molar-refractivity contribution in [2.75, 3.05) is 33.1 Å². The molecule has 0 radical (unpaired) electrons. The van der Waals surface area contributed by atoms with Gasteiger partial charge in [0.2, 0.25) is 0 Å². The van der Waals surface area contributed by atoms with Crippen molar-refractivity contribution in [3.8, 4) is 0 Å². The lowest BCUT2D eigenvalue weighted by molar-refractivity contribution is -0.147. The van der Waals surface area contributed by atoms with E-state index in [9.17, 15) is 9.59 Å². The van der Waals surface area contributed by atoms with Gasteiger partial charge in [0, 0.05) is 21.2 Å². The van der Waals surface area contributed by atoms with Crippen molar-refractivity contribution in [3.63, 3.8) is 0 Å². The van der Waals surface area contributed by atoms with Gasteiger partial charge in [0.05, 0.1) is 6.54 Å². The molecule has 1 unspecified atom stereocenters. The summed E-state index contributed by atoms with van der Waals surface area (Å²) >= 11 is 0. The maximum absolute atomic E-state index is 11.6. The molecule has 0 aliphatic rings. The van der Waals surface area contributed by atoms with Crippen molar-refractivity contribution in [1.29, 1.82) is 0 Å². The van der Waals surface area contributed by atoms with Crippen LogP contribution in [0.3, 0.4) is 0 Å². The highest BCUT2D eigenvalue weighted by Gasteiger charge is 2.16. The normalized spacial score (nSPS) is 11.7. The molecule has 0 aromatic carbocycles. The van der Waals surface area contributed by atoms with Gasteiger partial charge in [-0.2, -0.15) is 0 Å². The third-order valence-corrected chi connectivity index (χ3v) is 2.32. The largest absolute Gasteiger partial charge is 0.479 e. The number of nitrogens with zero attached hydrogens (tertiary/aromatic N) is 3. The first kappa shape index (κ1) is 14.8. The highest BCUT2D eigenvalue weighted by molar-refractivity contribution is 5.91. The van der Waals surface area contributed by atoms with Crippen LogP contribution in [0.2, 0.25) is 0 Å². The predicted molar refractivity (Wildman–Crippen MR) is 67.0 cm³/mol. The Hall–Kier alpha value is -2.22. The van der Waals surface area contributed by atoms with Crippen LogP contribution in [-0.2, 0) is 9.53 Å². The van der Waals surface area contributed by atoms with Crippen LogP contribution in [0, 0.1) is 0 Å². The molecule has 0 saturated carbocycles. The van der Waals surface area contributed by atoms with E-state index in [1.807, 2.05) is 0 Å². The predicted octanol–water partition coefficient (Wildman–Crippen LogP) is -0.310. The van der Waals surface area contributed by atoms with Gasteiger partial charge < -0.3 is 20.1 Å². The SMILES string of the molecule is COC(CNc1ccc(C(=O)N(C)C)nn1)C(=O)O. The molecule has 1 atom stereocenters. The number of aliphatic carboxylic acids is 1. The Morgan fingerprint density at radius 2 is 2.11 bits per heavy atom. The van der Waals surface area contributed by atoms with E-state index >= 15 is 0 Å². The van der Waals surface area contributed by atoms with Gasteiger partial charge in [-0.05, 0) is 12.1 Å². The van der Waals surface area contributed by atoms with Gasteiger partial charge >= 0.3 is 5.97 Å². The maximum Gasteiger partial charge on any atom is 0.334 e. The highest BCUT2D eigenvalue weighted by atomic mass is 16.5. The van der Waals surface area contributed by atoms with E-state index in [2.05, 4.69) is 15.5 Å². The fourth-order valence-corrected chi connectivity index (χ4v) is 1.24. The van der Waals surface area contributed by atoms with Gasteiger partial charge in [-0.25, -0.2) is 4.79 Å². The van der Waals surface area contributed by atoms with Crippen LogP contribution >= 0.6 is 0 Å². The van der Waals surface area contributed by atoms with Crippen LogP contribution in [0.25, 0.3) is 0 Å². The van der Waals surface area contributed by atoms with Crippen LogP contribution in [0.4, 0.5) is 5.82 Å². The summed E-state index contributed by atoms with van der Waals surface area (Å²) in [6.07, 6.45) is -0.968. The second-order valence-electron chi connectivity index (χ2n) is 3.95. The van der Waals surface area contributed by atoms with Crippen molar-refractivity contribution in [2.45, 2.75) is 6.10 Å². The Kier molecular flexibility index (Phi) is 5.19. The molecule has 1 rings (SSSR count). The molecule has 2 N–H and O–H groups in total. The Morgan fingerprint density at radius 1 is 1.42 bits per heavy atom. The fourth-order valence-electron chi connectivity index (χ4n) is 1.24. The number of carbonyl (C=O) groups is 2. The Morgan fingerprint density at radius 3 is 2.53 bits per heavy atom. The lowest BCUT2D eigenvalue weighted by atomic mass is 10.3. The van der Waals surface area contributed by atoms with E-state index in [-0.39, 0.29) is 18.1 Å². The summed E-state index contributed by atoms with van der Waals surface area (Å²) < 4.78 is 4.76. The number of amides is 1. The number of carboxylic acids is 1. The van der Waals surface area contributed by atoms with Gasteiger partial charge in [-0.15, -0.1) is 10.2 Å². The second-order valence-corrected chi connectivity index (χ2v) is 3.95. The van der Waals surface area contributed by atoms with Crippen LogP contribution in [0.1, 0.15) is 10.5 Å². The monoisotopic (exact) mass is 268 g/mol. The zero-order valence-corrected chi connectivity index (χ0v) is 11.0. The van der Waals surface area contributed by atoms with E-state index in [0.717, 1.165) is 0 Å². The van der Waals surface area contributed by atoms with Crippen molar-refractivity contribution in [2.24, 2.45) is 0 Å². The van der Waals surface area contributed by atoms with Crippen molar-refractivity contribution in [1.82, 2.24) is 15.1 Å². The lowest BCUT2D eigenvalue weighted by Crippen LogP contribution is -2.30. The molecule has 1 aromatic heterocycles. The number of hydrogen-bond acceptors (Lipinski definition) is 6. The third-order valence-electron chi connectivity index (χ3n) is 2.32. The summed E-state index contributed by atoms with van der Waals surface area (Å²) in [4.78, 5) is 23.7. The molecule has 0 aliphatic heterocycles. The molecular weight excluding hydrogens is 252 g/mol. The summed E-state index contributed by atoms with van der Waals surface area (Å²) in [6, 6.07) is 3.07. The average Bonchev–Trinajstić information content (AvgIpc) is 2.38. The van der Waals surface area contributed by atoms with Gasteiger partial charge in [0.15, 0.2) is 11.8 Å². The molecule has 0 aliphatic carbocycles. The number of anilines is 1. The number of aromatic nitrogens is 2. The van der Waals surface area contributed by atoms with E-state index < -0.39 is 12.1 Å². The van der Waals surface area contributed by atoms with Crippen LogP contribution < -0.4 is 5.32 Å². The molecule has 104 valence electrons. The first-order chi connectivity index (χ1) is 8.95. The topological polar surface area (TPSA) is 105 Å². The minimum atomic E-state index is -1.07. The quantitative estimate of drug-likeness (QED) is 0.729. The summed E-state index contributed by atoms with van der Waals surface area (Å²) in [7, 11) is 4.55. The first-order valence-electron chi connectivity index (χ1n) is 5.50. The molecule has 0 spiro atoms. The zero-order valence-electron chi connectivity index (χ0n) is 11.0. The third kappa shape index (κ3) is 4.18. The molecule has 19 heavy (non-hydrogen) atoms. The van der Waals surface area contributed by atoms with E-state index in [1.165, 1.54) is 18.1 Å². The fraction of sp³-hybridized carbons (Fsp3) is 0.455. The number of methoxy groups -OCH3 is 1. The molecule has 1 amide bonds. The Bertz CT molecular complexity index is 447. The van der Waals surface area contributed by atoms with Gasteiger partial charge in [0.1, 0.15) is 5.82 Å². The van der Waals surface area contributed by atoms with E-state index in [1.54, 1.807) is 20.2 Å². The van der Waals surface area contributed by atoms with Crippen molar-refractivity contribution < 1.29 is 19.4 Å².